The summed E-state index contributed by atoms with van der Waals surface area (Å²) in [5.41, 5.74) is 53.4. The third-order valence-corrected chi connectivity index (χ3v) is 18.7. The Kier molecular flexibility index (Phi) is 42.7. The smallest absolute Gasteiger partial charge is 0.224 e. The average Bonchev–Trinajstić information content (AvgIpc) is 1.71. The molecule has 0 saturated carbocycles. The summed E-state index contributed by atoms with van der Waals surface area (Å²) < 4.78 is 0. The summed E-state index contributed by atoms with van der Waals surface area (Å²) >= 11 is 0. The molecule has 3 aromatic carbocycles. The van der Waals surface area contributed by atoms with Gasteiger partial charge in [-0.05, 0) is 166 Å². The van der Waals surface area contributed by atoms with Crippen LogP contribution in [0.25, 0.3) is 10.9 Å². The lowest BCUT2D eigenvalue weighted by Gasteiger charge is -2.26. The summed E-state index contributed by atoms with van der Waals surface area (Å²) in [5.74, 6) is -12.3. The summed E-state index contributed by atoms with van der Waals surface area (Å²) in [6, 6.07) is 20.0. The molecule has 0 spiro atoms. The lowest BCUT2D eigenvalue weighted by molar-refractivity contribution is -0.136. The number of Topliss-reactive ketones (excluding diaryl/α,β-unsaturated/α-hetero) is 6. The van der Waals surface area contributed by atoms with Crippen LogP contribution in [0.5, 0.6) is 0 Å². The molecule has 11 atom stereocenters. The van der Waals surface area contributed by atoms with Gasteiger partial charge in [0.05, 0.1) is 36.3 Å². The largest absolute Gasteiger partial charge is 0.370 e. The molecule has 0 aliphatic heterocycles. The van der Waals surface area contributed by atoms with Crippen molar-refractivity contribution in [1.82, 2.24) is 31.6 Å². The molecule has 0 aliphatic rings. The molecule has 0 fully saturated rings. The normalized spacial score (nSPS) is 14.2. The van der Waals surface area contributed by atoms with Gasteiger partial charge in [-0.15, -0.1) is 0 Å². The second-order valence-electron chi connectivity index (χ2n) is 27.4. The van der Waals surface area contributed by atoms with Crippen LogP contribution in [-0.4, -0.2) is 155 Å². The molecule has 30 nitrogen and oxygen atoms in total. The van der Waals surface area contributed by atoms with Crippen LogP contribution >= 0.6 is 0 Å². The minimum Gasteiger partial charge on any atom is -0.370 e. The highest BCUT2D eigenvalue weighted by molar-refractivity contribution is 5.99. The first-order chi connectivity index (χ1) is 50.9. The second-order valence-corrected chi connectivity index (χ2v) is 27.4. The Labute approximate surface area is 625 Å². The zero-order valence-corrected chi connectivity index (χ0v) is 62.1. The number of amides is 9. The third-order valence-electron chi connectivity index (χ3n) is 18.7. The number of carbonyl (C=O) groups is 15. The molecule has 0 unspecified atom stereocenters. The van der Waals surface area contributed by atoms with Crippen molar-refractivity contribution >= 4 is 98.8 Å². The zero-order valence-electron chi connectivity index (χ0n) is 62.1. The highest BCUT2D eigenvalue weighted by Gasteiger charge is 2.36. The van der Waals surface area contributed by atoms with Crippen LogP contribution in [0.2, 0.25) is 0 Å². The molecule has 0 bridgehead atoms. The van der Waals surface area contributed by atoms with Crippen LogP contribution < -0.4 is 78.2 Å². The van der Waals surface area contributed by atoms with Gasteiger partial charge in [0.15, 0.2) is 28.9 Å². The van der Waals surface area contributed by atoms with Gasteiger partial charge in [0.25, 0.3) is 0 Å². The first-order valence-corrected chi connectivity index (χ1v) is 36.9. The van der Waals surface area contributed by atoms with Gasteiger partial charge in [-0.25, -0.2) is 0 Å². The van der Waals surface area contributed by atoms with Crippen molar-refractivity contribution in [3.05, 3.63) is 108 Å². The number of primary amides is 4. The SMILES string of the molecule is CC(=O)[C@H](CCCN)NC(=O)[C@@H](CC(=O)[C@H](CCCN)NC(=O)[C@@H](CC(=O)[C@H](CCCN)NC(=O)[C@H](CCC(N)=O)CC(=O)[C@@H](N)CCC(N)=O)Cc1ccccc1)Cc1c[nH]c2ccccc12.CC[C@@H](Cc1ccccc1)C(=O)N[C@@H](CCCN)C(=O)C[C@@H](CCC(N)=O)C(=O)N[C@@H](CCC(N)=O)C(C)=O. The van der Waals surface area contributed by atoms with Crippen molar-refractivity contribution in [3.8, 4) is 0 Å². The van der Waals surface area contributed by atoms with E-state index in [1.54, 1.807) is 36.5 Å². The van der Waals surface area contributed by atoms with Crippen molar-refractivity contribution in [2.24, 2.45) is 81.2 Å². The van der Waals surface area contributed by atoms with E-state index in [1.165, 1.54) is 13.8 Å². The van der Waals surface area contributed by atoms with Crippen molar-refractivity contribution < 1.29 is 71.9 Å². The predicted octanol–water partition coefficient (Wildman–Crippen LogP) is 1.46. The van der Waals surface area contributed by atoms with Crippen molar-refractivity contribution in [2.75, 3.05) is 26.2 Å². The van der Waals surface area contributed by atoms with E-state index >= 15 is 0 Å². The van der Waals surface area contributed by atoms with Crippen molar-refractivity contribution in [1.29, 1.82) is 0 Å². The first-order valence-electron chi connectivity index (χ1n) is 36.9. The van der Waals surface area contributed by atoms with E-state index in [1.807, 2.05) is 61.5 Å². The number of ketones is 6. The Hall–Kier alpha value is -9.75. The fraction of sp³-hybridized carbons (Fsp3) is 0.545. The van der Waals surface area contributed by atoms with Gasteiger partial charge in [-0.3, -0.25) is 71.9 Å². The minimum absolute atomic E-state index is 0.0158. The number of nitrogens with two attached hydrogens (primary N) is 9. The first kappa shape index (κ1) is 91.5. The van der Waals surface area contributed by atoms with Crippen LogP contribution in [0.4, 0.5) is 0 Å². The van der Waals surface area contributed by atoms with Gasteiger partial charge in [0.1, 0.15) is 5.78 Å². The van der Waals surface area contributed by atoms with Gasteiger partial charge in [-0.2, -0.15) is 0 Å². The maximum absolute atomic E-state index is 14.5. The molecular weight excluding hydrogens is 1370 g/mol. The number of aromatic amines is 1. The van der Waals surface area contributed by atoms with E-state index < -0.39 is 131 Å². The molecule has 588 valence electrons. The maximum Gasteiger partial charge on any atom is 0.224 e. The van der Waals surface area contributed by atoms with Crippen molar-refractivity contribution in [3.63, 3.8) is 0 Å². The summed E-state index contributed by atoms with van der Waals surface area (Å²) in [7, 11) is 0. The molecule has 24 N–H and O–H groups in total. The van der Waals surface area contributed by atoms with Gasteiger partial charge in [0, 0.05) is 98.1 Å². The van der Waals surface area contributed by atoms with Crippen molar-refractivity contribution in [2.45, 2.75) is 211 Å². The number of aromatic nitrogens is 1. The van der Waals surface area contributed by atoms with E-state index in [2.05, 4.69) is 31.6 Å². The number of fused-ring (bicyclic) bond motifs is 1. The van der Waals surface area contributed by atoms with Gasteiger partial charge in [0.2, 0.25) is 53.2 Å². The minimum atomic E-state index is -1.16. The molecule has 30 heteroatoms. The summed E-state index contributed by atoms with van der Waals surface area (Å²) in [6.07, 6.45) is 3.36. The fourth-order valence-corrected chi connectivity index (χ4v) is 12.3. The van der Waals surface area contributed by atoms with Crippen LogP contribution in [0.1, 0.15) is 172 Å². The number of nitrogens with one attached hydrogen (secondary N) is 6. The average molecular weight is 1490 g/mol. The molecule has 1 aromatic heterocycles. The maximum atomic E-state index is 14.5. The standard InChI is InChI=1S/C49H72N10O9.C28H43N5O6/c1-30(60)38(14-7-21-50)57-49(68)34(25-35-29-56-39-13-6-5-12-36(35)39)28-44(63)41(16-9-23-52)59-48(67)33(24-31-10-3-2-4-11-31)27-43(62)40(15-8-22-51)58-47(66)32(17-19-45(54)64)26-42(61)37(53)18-20-46(55)65;1-3-20(16-19-8-5-4-6-9-19)27(38)33-23(10-7-15-29)24(35)17-21(11-13-25(30)36)28(39)32-22(18(2)34)12-14-26(31)37/h2-6,10-13,29,32-34,37-38,40-41,56H,7-9,14-28,50-53H2,1H3,(H2,54,64)(H2,55,65)(H,57,68)(H,58,66)(H,59,67);4-6,8-9,20-23H,3,7,10-17,29H2,1-2H3,(H2,30,36)(H2,31,37)(H,32,39)(H,33,38)/t32-,33-,34-,37+,38+,40+,41+;20-,21+,22-,23-/m10/s1. The lowest BCUT2D eigenvalue weighted by Crippen LogP contribution is -2.49. The van der Waals surface area contributed by atoms with E-state index in [9.17, 15) is 71.9 Å². The molecule has 0 aliphatic carbocycles. The predicted molar refractivity (Wildman–Crippen MR) is 404 cm³/mol. The number of carbonyl (C=O) groups excluding carboxylic acids is 15. The van der Waals surface area contributed by atoms with E-state index in [4.69, 9.17) is 51.6 Å². The molecule has 0 radical (unpaired) electrons. The summed E-state index contributed by atoms with van der Waals surface area (Å²) in [4.78, 5) is 197. The molecule has 9 amide bonds. The van der Waals surface area contributed by atoms with E-state index in [-0.39, 0.29) is 139 Å². The van der Waals surface area contributed by atoms with Gasteiger partial charge < -0.3 is 83.2 Å². The number of hydrogen-bond acceptors (Lipinski definition) is 20. The molecule has 0 saturated heterocycles. The second kappa shape index (κ2) is 49.9. The van der Waals surface area contributed by atoms with E-state index in [0.29, 0.717) is 64.5 Å². The topological polar surface area (TPSA) is 566 Å². The highest BCUT2D eigenvalue weighted by Crippen LogP contribution is 2.26. The number of hydrogen-bond donors (Lipinski definition) is 15. The van der Waals surface area contributed by atoms with Crippen LogP contribution in [0.15, 0.2) is 91.1 Å². The number of H-pyrrole nitrogens is 1. The van der Waals surface area contributed by atoms with Crippen LogP contribution in [-0.2, 0) is 91.2 Å². The number of benzene rings is 3. The van der Waals surface area contributed by atoms with Crippen LogP contribution in [0, 0.1) is 29.6 Å². The molecule has 4 aromatic rings. The lowest BCUT2D eigenvalue weighted by atomic mass is 9.87. The Balaban J connectivity index is 0.000000645. The summed E-state index contributed by atoms with van der Waals surface area (Å²) in [6.45, 7) is 5.54. The fourth-order valence-electron chi connectivity index (χ4n) is 12.3. The quantitative estimate of drug-likeness (QED) is 0.0297. The number of rotatable bonds is 55. The Morgan fingerprint density at radius 3 is 1.08 bits per heavy atom. The Morgan fingerprint density at radius 1 is 0.364 bits per heavy atom. The van der Waals surface area contributed by atoms with Crippen LogP contribution in [0.3, 0.4) is 0 Å². The highest BCUT2D eigenvalue weighted by atomic mass is 16.2. The molecule has 107 heavy (non-hydrogen) atoms. The number of para-hydroxylation sites is 1. The summed E-state index contributed by atoms with van der Waals surface area (Å²) in [5, 5.41) is 14.7. The van der Waals surface area contributed by atoms with E-state index in [0.717, 1.165) is 27.6 Å². The zero-order chi connectivity index (χ0) is 79.5. The third kappa shape index (κ3) is 35.0. The Bertz CT molecular complexity index is 3570. The molecule has 4 rings (SSSR count). The monoisotopic (exact) mass is 1490 g/mol. The molecular formula is C77H115N15O15. The molecule has 1 heterocycles. The van der Waals surface area contributed by atoms with Gasteiger partial charge >= 0.3 is 0 Å². The van der Waals surface area contributed by atoms with Gasteiger partial charge in [-0.1, -0.05) is 85.8 Å². The Morgan fingerprint density at radius 2 is 0.682 bits per heavy atom.